The normalized spacial score (nSPS) is 15.4. The summed E-state index contributed by atoms with van der Waals surface area (Å²) in [4.78, 5) is 12.2. The van der Waals surface area contributed by atoms with Gasteiger partial charge >= 0.3 is 0 Å². The molecule has 3 rings (SSSR count). The van der Waals surface area contributed by atoms with Crippen molar-refractivity contribution in [1.29, 1.82) is 0 Å². The molecule has 0 unspecified atom stereocenters. The van der Waals surface area contributed by atoms with Crippen molar-refractivity contribution in [3.63, 3.8) is 0 Å². The highest BCUT2D eigenvalue weighted by atomic mass is 32.2. The van der Waals surface area contributed by atoms with Crippen molar-refractivity contribution < 1.29 is 4.79 Å². The Morgan fingerprint density at radius 2 is 1.88 bits per heavy atom. The maximum absolute atomic E-state index is 12.2. The zero-order valence-corrected chi connectivity index (χ0v) is 16.8. The van der Waals surface area contributed by atoms with Crippen LogP contribution in [0.3, 0.4) is 0 Å². The lowest BCUT2D eigenvalue weighted by atomic mass is 10.1. The van der Waals surface area contributed by atoms with Crippen LogP contribution in [-0.4, -0.2) is 27.9 Å². The van der Waals surface area contributed by atoms with Crippen molar-refractivity contribution in [1.82, 2.24) is 15.5 Å². The number of nitrogens with zero attached hydrogens (tertiary/aromatic N) is 2. The Labute approximate surface area is 163 Å². The molecule has 0 aliphatic heterocycles. The van der Waals surface area contributed by atoms with E-state index < -0.39 is 0 Å². The van der Waals surface area contributed by atoms with Crippen molar-refractivity contribution in [3.8, 4) is 0 Å². The van der Waals surface area contributed by atoms with Crippen LogP contribution in [0.5, 0.6) is 0 Å². The van der Waals surface area contributed by atoms with Gasteiger partial charge in [0.1, 0.15) is 0 Å². The number of hydrogen-bond acceptors (Lipinski definition) is 6. The standard InChI is InChI=1S/C19H26N4OS2/c1-2-14-9-11-16(12-10-14)21-18-22-23-19(26-18)25-13-17(24)20-15-7-5-3-4-6-8-15/h9-12,15H,2-8,13H2,1H3,(H,20,24)(H,21,22). The van der Waals surface area contributed by atoms with Crippen LogP contribution < -0.4 is 10.6 Å². The molecule has 1 fully saturated rings. The predicted molar refractivity (Wildman–Crippen MR) is 109 cm³/mol. The number of amides is 1. The number of rotatable bonds is 7. The third-order valence-electron chi connectivity index (χ3n) is 4.57. The SMILES string of the molecule is CCc1ccc(Nc2nnc(SCC(=O)NC3CCCCCC3)s2)cc1. The third-order valence-corrected chi connectivity index (χ3v) is 6.54. The van der Waals surface area contributed by atoms with Gasteiger partial charge in [0.25, 0.3) is 0 Å². The molecule has 0 saturated heterocycles. The molecular weight excluding hydrogens is 364 g/mol. The summed E-state index contributed by atoms with van der Waals surface area (Å²) in [5.41, 5.74) is 2.31. The van der Waals surface area contributed by atoms with Crippen LogP contribution >= 0.6 is 23.1 Å². The summed E-state index contributed by atoms with van der Waals surface area (Å²) in [5, 5.41) is 15.5. The first-order valence-corrected chi connectivity index (χ1v) is 11.1. The van der Waals surface area contributed by atoms with Crippen LogP contribution in [0.15, 0.2) is 28.6 Å². The minimum atomic E-state index is 0.0989. The van der Waals surface area contributed by atoms with Gasteiger partial charge in [0.15, 0.2) is 4.34 Å². The van der Waals surface area contributed by atoms with Crippen molar-refractivity contribution >= 4 is 39.8 Å². The second-order valence-electron chi connectivity index (χ2n) is 6.59. The molecule has 2 aromatic rings. The molecule has 1 aromatic carbocycles. The summed E-state index contributed by atoms with van der Waals surface area (Å²) in [6, 6.07) is 8.66. The monoisotopic (exact) mass is 390 g/mol. The van der Waals surface area contributed by atoms with E-state index in [1.165, 1.54) is 54.3 Å². The lowest BCUT2D eigenvalue weighted by molar-refractivity contribution is -0.119. The molecule has 0 bridgehead atoms. The summed E-state index contributed by atoms with van der Waals surface area (Å²) >= 11 is 2.93. The summed E-state index contributed by atoms with van der Waals surface area (Å²) in [5.74, 6) is 0.498. The average molecular weight is 391 g/mol. The Morgan fingerprint density at radius 1 is 1.15 bits per heavy atom. The molecular formula is C19H26N4OS2. The van der Waals surface area contributed by atoms with Gasteiger partial charge in [-0.05, 0) is 37.0 Å². The summed E-state index contributed by atoms with van der Waals surface area (Å²) < 4.78 is 0.814. The minimum Gasteiger partial charge on any atom is -0.353 e. The maximum Gasteiger partial charge on any atom is 0.230 e. The van der Waals surface area contributed by atoms with Crippen molar-refractivity contribution in [2.75, 3.05) is 11.1 Å². The largest absolute Gasteiger partial charge is 0.353 e. The Kier molecular flexibility index (Phi) is 7.32. The number of carbonyl (C=O) groups excluding carboxylic acids is 1. The number of aromatic nitrogens is 2. The Balaban J connectivity index is 1.44. The fourth-order valence-corrected chi connectivity index (χ4v) is 4.67. The molecule has 1 aliphatic rings. The second-order valence-corrected chi connectivity index (χ2v) is 8.79. The lowest BCUT2D eigenvalue weighted by Gasteiger charge is -2.15. The van der Waals surface area contributed by atoms with Gasteiger partial charge in [0, 0.05) is 11.7 Å². The minimum absolute atomic E-state index is 0.0989. The first kappa shape index (κ1) is 19.2. The smallest absolute Gasteiger partial charge is 0.230 e. The third kappa shape index (κ3) is 5.99. The predicted octanol–water partition coefficient (Wildman–Crippen LogP) is 4.78. The van der Waals surface area contributed by atoms with Crippen molar-refractivity contribution in [3.05, 3.63) is 29.8 Å². The summed E-state index contributed by atoms with van der Waals surface area (Å²) in [6.07, 6.45) is 8.29. The van der Waals surface area contributed by atoms with Gasteiger partial charge in [0.2, 0.25) is 11.0 Å². The first-order valence-electron chi connectivity index (χ1n) is 9.34. The molecule has 26 heavy (non-hydrogen) atoms. The van der Waals surface area contributed by atoms with E-state index in [1.54, 1.807) is 0 Å². The molecule has 5 nitrogen and oxygen atoms in total. The molecule has 1 aromatic heterocycles. The van der Waals surface area contributed by atoms with E-state index in [9.17, 15) is 4.79 Å². The van der Waals surface area contributed by atoms with E-state index in [-0.39, 0.29) is 5.91 Å². The molecule has 0 spiro atoms. The molecule has 1 saturated carbocycles. The molecule has 1 amide bonds. The molecule has 0 radical (unpaired) electrons. The fourth-order valence-electron chi connectivity index (χ4n) is 3.09. The Morgan fingerprint density at radius 3 is 2.58 bits per heavy atom. The fraction of sp³-hybridized carbons (Fsp3) is 0.526. The Hall–Kier alpha value is -1.60. The van der Waals surface area contributed by atoms with Crippen LogP contribution in [0.4, 0.5) is 10.8 Å². The number of carbonyl (C=O) groups is 1. The van der Waals surface area contributed by atoms with Gasteiger partial charge in [-0.15, -0.1) is 10.2 Å². The zero-order chi connectivity index (χ0) is 18.2. The molecule has 7 heteroatoms. The number of nitrogens with one attached hydrogen (secondary N) is 2. The van der Waals surface area contributed by atoms with Crippen LogP contribution in [0, 0.1) is 0 Å². The maximum atomic E-state index is 12.2. The molecule has 1 aliphatic carbocycles. The van der Waals surface area contributed by atoms with Gasteiger partial charge in [-0.1, -0.05) is 67.8 Å². The van der Waals surface area contributed by atoms with Gasteiger partial charge in [-0.2, -0.15) is 0 Å². The topological polar surface area (TPSA) is 66.9 Å². The van der Waals surface area contributed by atoms with Crippen LogP contribution in [0.1, 0.15) is 51.0 Å². The van der Waals surface area contributed by atoms with Crippen molar-refractivity contribution in [2.24, 2.45) is 0 Å². The summed E-state index contributed by atoms with van der Waals surface area (Å²) in [6.45, 7) is 2.14. The van der Waals surface area contributed by atoms with E-state index in [2.05, 4.69) is 39.9 Å². The molecule has 2 N–H and O–H groups in total. The van der Waals surface area contributed by atoms with E-state index >= 15 is 0 Å². The van der Waals surface area contributed by atoms with Crippen LogP contribution in [-0.2, 0) is 11.2 Å². The summed E-state index contributed by atoms with van der Waals surface area (Å²) in [7, 11) is 0. The molecule has 140 valence electrons. The number of thioether (sulfide) groups is 1. The van der Waals surface area contributed by atoms with Gasteiger partial charge in [-0.3, -0.25) is 4.79 Å². The highest BCUT2D eigenvalue weighted by molar-refractivity contribution is 8.01. The van der Waals surface area contributed by atoms with E-state index in [0.717, 1.165) is 34.4 Å². The van der Waals surface area contributed by atoms with Crippen LogP contribution in [0.25, 0.3) is 0 Å². The number of anilines is 2. The van der Waals surface area contributed by atoms with Gasteiger partial charge in [-0.25, -0.2) is 0 Å². The van der Waals surface area contributed by atoms with E-state index in [1.807, 2.05) is 12.1 Å². The van der Waals surface area contributed by atoms with Crippen LogP contribution in [0.2, 0.25) is 0 Å². The number of hydrogen-bond donors (Lipinski definition) is 2. The van der Waals surface area contributed by atoms with Crippen molar-refractivity contribution in [2.45, 2.75) is 62.3 Å². The van der Waals surface area contributed by atoms with Gasteiger partial charge < -0.3 is 10.6 Å². The quantitative estimate of drug-likeness (QED) is 0.526. The average Bonchev–Trinajstić information content (AvgIpc) is 2.94. The number of benzene rings is 1. The second kappa shape index (κ2) is 9.92. The van der Waals surface area contributed by atoms with E-state index in [0.29, 0.717) is 11.8 Å². The zero-order valence-electron chi connectivity index (χ0n) is 15.2. The molecule has 0 atom stereocenters. The first-order chi connectivity index (χ1) is 12.7. The van der Waals surface area contributed by atoms with E-state index in [4.69, 9.17) is 0 Å². The van der Waals surface area contributed by atoms with Gasteiger partial charge in [0.05, 0.1) is 5.75 Å². The molecule has 1 heterocycles. The highest BCUT2D eigenvalue weighted by Gasteiger charge is 2.15. The number of aryl methyl sites for hydroxylation is 1. The lowest BCUT2D eigenvalue weighted by Crippen LogP contribution is -2.35. The Bertz CT molecular complexity index is 694. The highest BCUT2D eigenvalue weighted by Crippen LogP contribution is 2.28.